The van der Waals surface area contributed by atoms with Crippen molar-refractivity contribution < 1.29 is 0 Å². The highest BCUT2D eigenvalue weighted by Crippen LogP contribution is 2.25. The van der Waals surface area contributed by atoms with Crippen LogP contribution in [-0.4, -0.2) is 0 Å². The van der Waals surface area contributed by atoms with Crippen LogP contribution in [0.2, 0.25) is 5.02 Å². The van der Waals surface area contributed by atoms with Crippen molar-refractivity contribution in [2.24, 2.45) is 0 Å². The molecule has 0 heterocycles. The summed E-state index contributed by atoms with van der Waals surface area (Å²) in [4.78, 5) is 0. The van der Waals surface area contributed by atoms with Crippen LogP contribution in [0.15, 0.2) is 28.7 Å². The predicted octanol–water partition coefficient (Wildman–Crippen LogP) is 4.14. The summed E-state index contributed by atoms with van der Waals surface area (Å²) in [5.74, 6) is 0. The van der Waals surface area contributed by atoms with Crippen molar-refractivity contribution in [2.75, 3.05) is 0 Å². The van der Waals surface area contributed by atoms with Gasteiger partial charge in [-0.15, -0.1) is 0 Å². The highest BCUT2D eigenvalue weighted by Gasteiger charge is 1.98. The third-order valence-corrected chi connectivity index (χ3v) is 2.35. The van der Waals surface area contributed by atoms with Gasteiger partial charge in [0.2, 0.25) is 0 Å². The second-order valence-electron chi connectivity index (χ2n) is 2.14. The number of allylic oxidation sites excluding steroid dienone is 1. The second-order valence-corrected chi connectivity index (χ2v) is 3.40. The summed E-state index contributed by atoms with van der Waals surface area (Å²) in [5.41, 5.74) is 1.04. The van der Waals surface area contributed by atoms with E-state index in [1.165, 1.54) is 0 Å². The highest BCUT2D eigenvalue weighted by atomic mass is 79.9. The zero-order valence-corrected chi connectivity index (χ0v) is 8.48. The van der Waals surface area contributed by atoms with Gasteiger partial charge in [0.25, 0.3) is 0 Å². The molecule has 0 aliphatic heterocycles. The summed E-state index contributed by atoms with van der Waals surface area (Å²) in [6.45, 7) is 1.97. The third-order valence-electron chi connectivity index (χ3n) is 1.33. The minimum absolute atomic E-state index is 0.775. The second kappa shape index (κ2) is 3.93. The van der Waals surface area contributed by atoms with Gasteiger partial charge >= 0.3 is 0 Å². The van der Waals surface area contributed by atoms with Crippen molar-refractivity contribution in [1.29, 1.82) is 0 Å². The van der Waals surface area contributed by atoms with E-state index < -0.39 is 0 Å². The van der Waals surface area contributed by atoms with Crippen LogP contribution >= 0.6 is 27.5 Å². The monoisotopic (exact) mass is 230 g/mol. The Hall–Kier alpha value is -0.270. The van der Waals surface area contributed by atoms with Gasteiger partial charge in [0, 0.05) is 15.1 Å². The minimum Gasteiger partial charge on any atom is -0.0870 e. The number of hydrogen-bond donors (Lipinski definition) is 0. The number of hydrogen-bond acceptors (Lipinski definition) is 0. The third kappa shape index (κ3) is 2.08. The van der Waals surface area contributed by atoms with Crippen LogP contribution in [0.3, 0.4) is 0 Å². The van der Waals surface area contributed by atoms with E-state index >= 15 is 0 Å². The molecule has 1 aromatic carbocycles. The normalized spacial score (nSPS) is 10.8. The van der Waals surface area contributed by atoms with E-state index in [0.717, 1.165) is 15.1 Å². The van der Waals surface area contributed by atoms with E-state index in [1.807, 2.05) is 37.3 Å². The molecule has 0 spiro atoms. The molecule has 1 rings (SSSR count). The first-order valence-electron chi connectivity index (χ1n) is 3.32. The van der Waals surface area contributed by atoms with Crippen molar-refractivity contribution in [3.63, 3.8) is 0 Å². The van der Waals surface area contributed by atoms with Crippen molar-refractivity contribution in [2.45, 2.75) is 6.92 Å². The summed E-state index contributed by atoms with van der Waals surface area (Å²) < 4.78 is 1.03. The Morgan fingerprint density at radius 2 is 2.18 bits per heavy atom. The lowest BCUT2D eigenvalue weighted by Crippen LogP contribution is -1.76. The molecule has 11 heavy (non-hydrogen) atoms. The molecule has 0 bridgehead atoms. The van der Waals surface area contributed by atoms with E-state index in [1.54, 1.807) is 0 Å². The molecule has 0 aliphatic rings. The maximum Gasteiger partial charge on any atom is 0.0489 e. The molecule has 0 aromatic heterocycles. The summed E-state index contributed by atoms with van der Waals surface area (Å²) >= 11 is 9.34. The van der Waals surface area contributed by atoms with Gasteiger partial charge in [-0.2, -0.15) is 0 Å². The van der Waals surface area contributed by atoms with Gasteiger partial charge in [-0.1, -0.05) is 45.7 Å². The van der Waals surface area contributed by atoms with Gasteiger partial charge in [0.1, 0.15) is 0 Å². The molecular formula is C9H8BrCl. The summed E-state index contributed by atoms with van der Waals surface area (Å²) in [6, 6.07) is 5.77. The zero-order valence-electron chi connectivity index (χ0n) is 6.14. The maximum atomic E-state index is 5.93. The molecule has 0 saturated carbocycles. The molecule has 0 unspecified atom stereocenters. The van der Waals surface area contributed by atoms with Crippen molar-refractivity contribution >= 4 is 33.6 Å². The maximum absolute atomic E-state index is 5.93. The average molecular weight is 232 g/mol. The van der Waals surface area contributed by atoms with Gasteiger partial charge in [-0.25, -0.2) is 0 Å². The Morgan fingerprint density at radius 3 is 2.73 bits per heavy atom. The molecular weight excluding hydrogens is 223 g/mol. The Morgan fingerprint density at radius 1 is 1.45 bits per heavy atom. The Labute approximate surface area is 80.0 Å². The fourth-order valence-corrected chi connectivity index (χ4v) is 1.69. The van der Waals surface area contributed by atoms with Crippen LogP contribution in [0.25, 0.3) is 6.08 Å². The summed E-state index contributed by atoms with van der Waals surface area (Å²) in [6.07, 6.45) is 3.94. The lowest BCUT2D eigenvalue weighted by molar-refractivity contribution is 1.59. The van der Waals surface area contributed by atoms with E-state index in [4.69, 9.17) is 11.6 Å². The van der Waals surface area contributed by atoms with Crippen molar-refractivity contribution in [1.82, 2.24) is 0 Å². The van der Waals surface area contributed by atoms with Gasteiger partial charge in [0.05, 0.1) is 0 Å². The summed E-state index contributed by atoms with van der Waals surface area (Å²) in [7, 11) is 0. The Bertz CT molecular complexity index is 259. The van der Waals surface area contributed by atoms with Crippen LogP contribution in [0.5, 0.6) is 0 Å². The summed E-state index contributed by atoms with van der Waals surface area (Å²) in [5, 5.41) is 0.775. The smallest absolute Gasteiger partial charge is 0.0489 e. The molecule has 58 valence electrons. The zero-order chi connectivity index (χ0) is 8.27. The van der Waals surface area contributed by atoms with Crippen LogP contribution in [-0.2, 0) is 0 Å². The first-order chi connectivity index (χ1) is 5.25. The van der Waals surface area contributed by atoms with E-state index in [2.05, 4.69) is 15.9 Å². The average Bonchev–Trinajstić information content (AvgIpc) is 1.97. The minimum atomic E-state index is 0.775. The first-order valence-corrected chi connectivity index (χ1v) is 4.49. The van der Waals surface area contributed by atoms with E-state index in [9.17, 15) is 0 Å². The molecule has 0 N–H and O–H groups in total. The largest absolute Gasteiger partial charge is 0.0870 e. The number of halogens is 2. The molecule has 0 amide bonds. The SMILES string of the molecule is CC=Cc1c(Cl)cccc1Br. The predicted molar refractivity (Wildman–Crippen MR) is 53.9 cm³/mol. The Kier molecular flexibility index (Phi) is 3.16. The molecule has 0 atom stereocenters. The van der Waals surface area contributed by atoms with Crippen LogP contribution in [0.1, 0.15) is 12.5 Å². The van der Waals surface area contributed by atoms with Crippen LogP contribution in [0.4, 0.5) is 0 Å². The molecule has 0 fully saturated rings. The van der Waals surface area contributed by atoms with Crippen molar-refractivity contribution in [3.05, 3.63) is 39.3 Å². The molecule has 0 radical (unpaired) electrons. The van der Waals surface area contributed by atoms with Crippen LogP contribution < -0.4 is 0 Å². The topological polar surface area (TPSA) is 0 Å². The van der Waals surface area contributed by atoms with Gasteiger partial charge < -0.3 is 0 Å². The van der Waals surface area contributed by atoms with Gasteiger partial charge in [0.15, 0.2) is 0 Å². The van der Waals surface area contributed by atoms with Gasteiger partial charge in [-0.05, 0) is 19.1 Å². The molecule has 0 nitrogen and oxygen atoms in total. The number of benzene rings is 1. The fraction of sp³-hybridized carbons (Fsp3) is 0.111. The standard InChI is InChI=1S/C9H8BrCl/c1-2-4-7-8(10)5-3-6-9(7)11/h2-6H,1H3. The van der Waals surface area contributed by atoms with E-state index in [0.29, 0.717) is 0 Å². The highest BCUT2D eigenvalue weighted by molar-refractivity contribution is 9.10. The van der Waals surface area contributed by atoms with Gasteiger partial charge in [-0.3, -0.25) is 0 Å². The van der Waals surface area contributed by atoms with Crippen LogP contribution in [0, 0.1) is 0 Å². The molecule has 2 heteroatoms. The molecule has 0 saturated heterocycles. The molecule has 0 aliphatic carbocycles. The molecule has 1 aromatic rings. The first kappa shape index (κ1) is 8.82. The van der Waals surface area contributed by atoms with Crippen molar-refractivity contribution in [3.8, 4) is 0 Å². The lowest BCUT2D eigenvalue weighted by atomic mass is 10.2. The quantitative estimate of drug-likeness (QED) is 0.681. The lowest BCUT2D eigenvalue weighted by Gasteiger charge is -1.99. The fourth-order valence-electron chi connectivity index (χ4n) is 0.837. The Balaban J connectivity index is 3.20. The number of rotatable bonds is 1. The van der Waals surface area contributed by atoms with E-state index in [-0.39, 0.29) is 0 Å².